The highest BCUT2D eigenvalue weighted by atomic mass is 16.5. The van der Waals surface area contributed by atoms with Crippen LogP contribution in [0.2, 0.25) is 0 Å². The molecule has 0 aliphatic heterocycles. The van der Waals surface area contributed by atoms with E-state index in [-0.39, 0.29) is 0 Å². The van der Waals surface area contributed by atoms with Gasteiger partial charge in [-0.05, 0) is 29.7 Å². The third-order valence-electron chi connectivity index (χ3n) is 1.91. The summed E-state index contributed by atoms with van der Waals surface area (Å²) < 4.78 is 5.07. The number of hydrogen-bond donors (Lipinski definition) is 0. The molecule has 1 aromatic carbocycles. The topological polar surface area (TPSA) is 9.23 Å². The first-order chi connectivity index (χ1) is 5.77. The number of aryl methyl sites for hydroxylation is 1. The molecular weight excluding hydrogens is 148 g/mol. The van der Waals surface area contributed by atoms with Crippen LogP contribution >= 0.6 is 0 Å². The lowest BCUT2D eigenvalue weighted by molar-refractivity contribution is 0.184. The molecule has 0 aliphatic carbocycles. The molecule has 0 heterocycles. The molecule has 1 heteroatoms. The molecule has 1 rings (SSSR count). The van der Waals surface area contributed by atoms with Crippen LogP contribution in [-0.4, -0.2) is 7.11 Å². The lowest BCUT2D eigenvalue weighted by Crippen LogP contribution is -1.91. The van der Waals surface area contributed by atoms with Crippen LogP contribution in [0.4, 0.5) is 0 Å². The van der Waals surface area contributed by atoms with Crippen molar-refractivity contribution in [1.82, 2.24) is 0 Å². The molecule has 1 aromatic rings. The lowest BCUT2D eigenvalue weighted by atomic mass is 10.1. The van der Waals surface area contributed by atoms with Crippen molar-refractivity contribution in [2.24, 2.45) is 0 Å². The molecule has 0 atom stereocenters. The Labute approximate surface area is 73.7 Å². The fourth-order valence-corrected chi connectivity index (χ4v) is 1.13. The zero-order chi connectivity index (χ0) is 8.97. The standard InChI is InChI=1S/C11H14O/c1-4-10-6-5-9(2)11(7-10)8-12-3/h4-7H,1,8H2,2-3H3. The predicted octanol–water partition coefficient (Wildman–Crippen LogP) is 2.78. The minimum absolute atomic E-state index is 0.674. The van der Waals surface area contributed by atoms with Gasteiger partial charge in [0.15, 0.2) is 0 Å². The van der Waals surface area contributed by atoms with Gasteiger partial charge in [-0.25, -0.2) is 0 Å². The maximum atomic E-state index is 5.07. The van der Waals surface area contributed by atoms with E-state index >= 15 is 0 Å². The minimum atomic E-state index is 0.674. The second-order valence-electron chi connectivity index (χ2n) is 2.82. The van der Waals surface area contributed by atoms with Gasteiger partial charge in [-0.2, -0.15) is 0 Å². The van der Waals surface area contributed by atoms with Gasteiger partial charge in [-0.3, -0.25) is 0 Å². The molecule has 0 fully saturated rings. The smallest absolute Gasteiger partial charge is 0.0715 e. The molecule has 0 aliphatic rings. The predicted molar refractivity (Wildman–Crippen MR) is 52.0 cm³/mol. The first kappa shape index (κ1) is 9.01. The highest BCUT2D eigenvalue weighted by molar-refractivity contribution is 5.49. The summed E-state index contributed by atoms with van der Waals surface area (Å²) in [6, 6.07) is 6.25. The van der Waals surface area contributed by atoms with E-state index in [0.717, 1.165) is 5.56 Å². The molecule has 0 spiro atoms. The van der Waals surface area contributed by atoms with Crippen LogP contribution in [0.3, 0.4) is 0 Å². The Bertz CT molecular complexity index is 276. The molecule has 0 N–H and O–H groups in total. The van der Waals surface area contributed by atoms with E-state index in [2.05, 4.69) is 31.7 Å². The minimum Gasteiger partial charge on any atom is -0.380 e. The van der Waals surface area contributed by atoms with Crippen LogP contribution in [0.5, 0.6) is 0 Å². The normalized spacial score (nSPS) is 9.83. The van der Waals surface area contributed by atoms with Crippen molar-refractivity contribution in [1.29, 1.82) is 0 Å². The fourth-order valence-electron chi connectivity index (χ4n) is 1.13. The third kappa shape index (κ3) is 1.95. The number of rotatable bonds is 3. The Morgan fingerprint density at radius 3 is 2.83 bits per heavy atom. The van der Waals surface area contributed by atoms with E-state index in [4.69, 9.17) is 4.74 Å². The molecule has 1 nitrogen and oxygen atoms in total. The second-order valence-corrected chi connectivity index (χ2v) is 2.82. The Morgan fingerprint density at radius 2 is 2.25 bits per heavy atom. The molecule has 0 saturated carbocycles. The highest BCUT2D eigenvalue weighted by Gasteiger charge is 1.97. The molecule has 0 radical (unpaired) electrons. The summed E-state index contributed by atoms with van der Waals surface area (Å²) in [4.78, 5) is 0. The summed E-state index contributed by atoms with van der Waals surface area (Å²) in [6.07, 6.45) is 1.85. The summed E-state index contributed by atoms with van der Waals surface area (Å²) in [7, 11) is 1.71. The lowest BCUT2D eigenvalue weighted by Gasteiger charge is -2.05. The van der Waals surface area contributed by atoms with Crippen LogP contribution < -0.4 is 0 Å². The quantitative estimate of drug-likeness (QED) is 0.664. The molecule has 0 amide bonds. The molecule has 12 heavy (non-hydrogen) atoms. The van der Waals surface area contributed by atoms with Gasteiger partial charge in [0.05, 0.1) is 6.61 Å². The van der Waals surface area contributed by atoms with E-state index < -0.39 is 0 Å². The number of hydrogen-bond acceptors (Lipinski definition) is 1. The van der Waals surface area contributed by atoms with Crippen molar-refractivity contribution < 1.29 is 4.74 Å². The van der Waals surface area contributed by atoms with Gasteiger partial charge in [0.2, 0.25) is 0 Å². The average molecular weight is 162 g/mol. The van der Waals surface area contributed by atoms with Crippen molar-refractivity contribution in [3.8, 4) is 0 Å². The summed E-state index contributed by atoms with van der Waals surface area (Å²) in [6.45, 7) is 6.48. The van der Waals surface area contributed by atoms with Crippen molar-refractivity contribution in [3.63, 3.8) is 0 Å². The summed E-state index contributed by atoms with van der Waals surface area (Å²) in [5.74, 6) is 0. The molecule has 0 bridgehead atoms. The third-order valence-corrected chi connectivity index (χ3v) is 1.91. The fraction of sp³-hybridized carbons (Fsp3) is 0.273. The number of methoxy groups -OCH3 is 1. The van der Waals surface area contributed by atoms with Crippen molar-refractivity contribution >= 4 is 6.08 Å². The van der Waals surface area contributed by atoms with Gasteiger partial charge < -0.3 is 4.74 Å². The Hall–Kier alpha value is -1.08. The van der Waals surface area contributed by atoms with Gasteiger partial charge in [-0.15, -0.1) is 0 Å². The van der Waals surface area contributed by atoms with Crippen molar-refractivity contribution in [2.75, 3.05) is 7.11 Å². The zero-order valence-corrected chi connectivity index (χ0v) is 7.63. The second kappa shape index (κ2) is 4.07. The zero-order valence-electron chi connectivity index (χ0n) is 7.63. The van der Waals surface area contributed by atoms with Gasteiger partial charge >= 0.3 is 0 Å². The van der Waals surface area contributed by atoms with Crippen LogP contribution in [0, 0.1) is 6.92 Å². The molecule has 0 aromatic heterocycles. The van der Waals surface area contributed by atoms with Crippen molar-refractivity contribution in [3.05, 3.63) is 41.5 Å². The molecular formula is C11H14O. The van der Waals surface area contributed by atoms with E-state index in [1.54, 1.807) is 7.11 Å². The van der Waals surface area contributed by atoms with Crippen LogP contribution in [0.1, 0.15) is 16.7 Å². The Morgan fingerprint density at radius 1 is 1.50 bits per heavy atom. The van der Waals surface area contributed by atoms with E-state index in [1.807, 2.05) is 6.08 Å². The van der Waals surface area contributed by atoms with E-state index in [1.165, 1.54) is 11.1 Å². The van der Waals surface area contributed by atoms with Gasteiger partial charge in [0.25, 0.3) is 0 Å². The monoisotopic (exact) mass is 162 g/mol. The van der Waals surface area contributed by atoms with Crippen LogP contribution in [0.15, 0.2) is 24.8 Å². The summed E-state index contributed by atoms with van der Waals surface area (Å²) >= 11 is 0. The SMILES string of the molecule is C=Cc1ccc(C)c(COC)c1. The highest BCUT2D eigenvalue weighted by Crippen LogP contribution is 2.12. The van der Waals surface area contributed by atoms with Gasteiger partial charge in [0, 0.05) is 7.11 Å². The molecule has 0 unspecified atom stereocenters. The van der Waals surface area contributed by atoms with Crippen LogP contribution in [0.25, 0.3) is 6.08 Å². The van der Waals surface area contributed by atoms with Gasteiger partial charge in [-0.1, -0.05) is 24.8 Å². The maximum absolute atomic E-state index is 5.07. The number of benzene rings is 1. The first-order valence-corrected chi connectivity index (χ1v) is 3.99. The first-order valence-electron chi connectivity index (χ1n) is 3.99. The molecule has 0 saturated heterocycles. The number of ether oxygens (including phenoxy) is 1. The summed E-state index contributed by atoms with van der Waals surface area (Å²) in [5.41, 5.74) is 3.64. The largest absolute Gasteiger partial charge is 0.380 e. The summed E-state index contributed by atoms with van der Waals surface area (Å²) in [5, 5.41) is 0. The van der Waals surface area contributed by atoms with Gasteiger partial charge in [0.1, 0.15) is 0 Å². The van der Waals surface area contributed by atoms with Crippen LogP contribution in [-0.2, 0) is 11.3 Å². The Balaban J connectivity index is 2.99. The maximum Gasteiger partial charge on any atom is 0.0715 e. The Kier molecular flexibility index (Phi) is 3.06. The molecule has 64 valence electrons. The van der Waals surface area contributed by atoms with Crippen molar-refractivity contribution in [2.45, 2.75) is 13.5 Å². The average Bonchev–Trinajstić information content (AvgIpc) is 2.09. The van der Waals surface area contributed by atoms with E-state index in [0.29, 0.717) is 6.61 Å². The van der Waals surface area contributed by atoms with E-state index in [9.17, 15) is 0 Å².